The van der Waals surface area contributed by atoms with Gasteiger partial charge in [-0.2, -0.15) is 4.98 Å². The van der Waals surface area contributed by atoms with Crippen molar-refractivity contribution in [3.63, 3.8) is 0 Å². The summed E-state index contributed by atoms with van der Waals surface area (Å²) in [5, 5.41) is 10.4. The van der Waals surface area contributed by atoms with Crippen LogP contribution in [0.15, 0.2) is 16.5 Å². The van der Waals surface area contributed by atoms with E-state index in [2.05, 4.69) is 9.72 Å². The van der Waals surface area contributed by atoms with Gasteiger partial charge in [0, 0.05) is 6.07 Å². The third-order valence-corrected chi connectivity index (χ3v) is 1.80. The first-order chi connectivity index (χ1) is 7.11. The molecule has 0 unspecified atom stereocenters. The first-order valence-corrected chi connectivity index (χ1v) is 3.90. The van der Waals surface area contributed by atoms with Gasteiger partial charge in [-0.05, 0) is 0 Å². The third-order valence-electron chi connectivity index (χ3n) is 1.80. The lowest BCUT2D eigenvalue weighted by atomic mass is 10.3. The number of aromatic nitrogens is 1. The van der Waals surface area contributed by atoms with Crippen molar-refractivity contribution in [2.45, 2.75) is 0 Å². The van der Waals surface area contributed by atoms with Crippen LogP contribution < -0.4 is 4.74 Å². The van der Waals surface area contributed by atoms with Gasteiger partial charge in [-0.25, -0.2) is 4.39 Å². The summed E-state index contributed by atoms with van der Waals surface area (Å²) < 4.78 is 22.8. The highest BCUT2D eigenvalue weighted by Gasteiger charge is 2.17. The zero-order valence-corrected chi connectivity index (χ0v) is 7.56. The van der Waals surface area contributed by atoms with Crippen LogP contribution in [-0.2, 0) is 0 Å². The van der Waals surface area contributed by atoms with Crippen LogP contribution in [0, 0.1) is 15.9 Å². The minimum atomic E-state index is -0.838. The first kappa shape index (κ1) is 9.38. The lowest BCUT2D eigenvalue weighted by Gasteiger charge is -1.91. The number of rotatable bonds is 2. The van der Waals surface area contributed by atoms with Gasteiger partial charge in [-0.3, -0.25) is 10.1 Å². The molecule has 2 aromatic rings. The molecule has 0 radical (unpaired) electrons. The second-order valence-corrected chi connectivity index (χ2v) is 2.72. The van der Waals surface area contributed by atoms with Gasteiger partial charge in [-0.1, -0.05) is 0 Å². The average molecular weight is 212 g/mol. The molecule has 0 bridgehead atoms. The second-order valence-electron chi connectivity index (χ2n) is 2.72. The molecule has 0 aliphatic carbocycles. The molecule has 0 N–H and O–H groups in total. The molecule has 0 saturated carbocycles. The summed E-state index contributed by atoms with van der Waals surface area (Å²) in [6.45, 7) is 0. The number of non-ortho nitro benzene ring substituents is 1. The Hall–Kier alpha value is -2.18. The van der Waals surface area contributed by atoms with Gasteiger partial charge in [0.05, 0.1) is 18.1 Å². The van der Waals surface area contributed by atoms with E-state index in [0.29, 0.717) is 0 Å². The van der Waals surface area contributed by atoms with Crippen LogP contribution in [0.1, 0.15) is 0 Å². The Kier molecular flexibility index (Phi) is 2.00. The summed E-state index contributed by atoms with van der Waals surface area (Å²) in [5.41, 5.74) is -0.480. The average Bonchev–Trinajstić information content (AvgIpc) is 2.61. The summed E-state index contributed by atoms with van der Waals surface area (Å²) in [7, 11) is 1.30. The van der Waals surface area contributed by atoms with E-state index in [1.54, 1.807) is 0 Å². The number of nitrogens with zero attached hydrogens (tertiary/aromatic N) is 2. The molecule has 15 heavy (non-hydrogen) atoms. The predicted molar refractivity (Wildman–Crippen MR) is 47.2 cm³/mol. The number of halogens is 1. The van der Waals surface area contributed by atoms with Crippen molar-refractivity contribution in [2.75, 3.05) is 7.11 Å². The molecule has 0 saturated heterocycles. The van der Waals surface area contributed by atoms with Crippen molar-refractivity contribution in [3.8, 4) is 6.08 Å². The molecule has 1 aromatic heterocycles. The molecule has 1 aromatic carbocycles. The van der Waals surface area contributed by atoms with E-state index in [9.17, 15) is 14.5 Å². The maximum atomic E-state index is 13.3. The number of methoxy groups -OCH3 is 1. The third kappa shape index (κ3) is 1.47. The summed E-state index contributed by atoms with van der Waals surface area (Å²) >= 11 is 0. The lowest BCUT2D eigenvalue weighted by molar-refractivity contribution is -0.384. The quantitative estimate of drug-likeness (QED) is 0.560. The lowest BCUT2D eigenvalue weighted by Crippen LogP contribution is -1.89. The monoisotopic (exact) mass is 212 g/mol. The Labute approximate surface area is 82.4 Å². The zero-order chi connectivity index (χ0) is 11.0. The Morgan fingerprint density at radius 3 is 2.93 bits per heavy atom. The van der Waals surface area contributed by atoms with Gasteiger partial charge in [0.15, 0.2) is 11.4 Å². The Morgan fingerprint density at radius 2 is 2.33 bits per heavy atom. The summed E-state index contributed by atoms with van der Waals surface area (Å²) in [5.74, 6) is -0.838. The van der Waals surface area contributed by atoms with E-state index in [1.165, 1.54) is 7.11 Å². The zero-order valence-electron chi connectivity index (χ0n) is 7.56. The molecular weight excluding hydrogens is 207 g/mol. The first-order valence-electron chi connectivity index (χ1n) is 3.90. The fourth-order valence-electron chi connectivity index (χ4n) is 1.15. The van der Waals surface area contributed by atoms with Crippen molar-refractivity contribution >= 4 is 16.8 Å². The maximum Gasteiger partial charge on any atom is 0.394 e. The predicted octanol–water partition coefficient (Wildman–Crippen LogP) is 1.88. The van der Waals surface area contributed by atoms with Crippen LogP contribution in [-0.4, -0.2) is 17.0 Å². The van der Waals surface area contributed by atoms with E-state index in [1.807, 2.05) is 0 Å². The fraction of sp³-hybridized carbons (Fsp3) is 0.125. The van der Waals surface area contributed by atoms with Gasteiger partial charge in [0.25, 0.3) is 5.69 Å². The molecule has 6 nitrogen and oxygen atoms in total. The highest BCUT2D eigenvalue weighted by molar-refractivity contribution is 5.76. The molecule has 0 aliphatic heterocycles. The molecule has 2 rings (SSSR count). The number of nitro benzene ring substituents is 1. The molecule has 78 valence electrons. The van der Waals surface area contributed by atoms with Crippen molar-refractivity contribution < 1.29 is 18.5 Å². The summed E-state index contributed by atoms with van der Waals surface area (Å²) in [6, 6.07) is 1.89. The smallest absolute Gasteiger partial charge is 0.394 e. The minimum absolute atomic E-state index is 0.0542. The fourth-order valence-corrected chi connectivity index (χ4v) is 1.15. The number of benzene rings is 1. The molecular formula is C8H5FN2O4. The standard InChI is InChI=1S/C8H5FN2O4/c1-14-8-10-6-3-4(11(12)13)2-5(9)7(6)15-8/h2-3H,1H3. The van der Waals surface area contributed by atoms with Crippen molar-refractivity contribution in [1.82, 2.24) is 4.98 Å². The van der Waals surface area contributed by atoms with Crippen LogP contribution in [0.3, 0.4) is 0 Å². The molecule has 0 amide bonds. The number of ether oxygens (including phenoxy) is 1. The Balaban J connectivity index is 2.70. The molecule has 0 aliphatic rings. The number of hydrogen-bond acceptors (Lipinski definition) is 5. The van der Waals surface area contributed by atoms with Gasteiger partial charge in [0.2, 0.25) is 0 Å². The van der Waals surface area contributed by atoms with Gasteiger partial charge < -0.3 is 9.15 Å². The van der Waals surface area contributed by atoms with Crippen LogP contribution in [0.25, 0.3) is 11.1 Å². The van der Waals surface area contributed by atoms with Crippen LogP contribution in [0.2, 0.25) is 0 Å². The van der Waals surface area contributed by atoms with Crippen molar-refractivity contribution in [3.05, 3.63) is 28.1 Å². The topological polar surface area (TPSA) is 78.4 Å². The van der Waals surface area contributed by atoms with E-state index >= 15 is 0 Å². The van der Waals surface area contributed by atoms with Gasteiger partial charge in [-0.15, -0.1) is 0 Å². The number of nitro groups is 1. The maximum absolute atomic E-state index is 13.3. The molecule has 0 atom stereocenters. The highest BCUT2D eigenvalue weighted by Crippen LogP contribution is 2.27. The van der Waals surface area contributed by atoms with Crippen LogP contribution >= 0.6 is 0 Å². The SMILES string of the molecule is COc1nc2cc([N+](=O)[O-])cc(F)c2o1. The van der Waals surface area contributed by atoms with Crippen molar-refractivity contribution in [1.29, 1.82) is 0 Å². The minimum Gasteiger partial charge on any atom is -0.453 e. The van der Waals surface area contributed by atoms with Gasteiger partial charge >= 0.3 is 6.08 Å². The van der Waals surface area contributed by atoms with E-state index in [-0.39, 0.29) is 22.9 Å². The second kappa shape index (κ2) is 3.19. The number of hydrogen-bond donors (Lipinski definition) is 0. The molecule has 1 heterocycles. The van der Waals surface area contributed by atoms with Crippen molar-refractivity contribution in [2.24, 2.45) is 0 Å². The Bertz CT molecular complexity index is 537. The summed E-state index contributed by atoms with van der Waals surface area (Å²) in [6.07, 6.45) is -0.135. The van der Waals surface area contributed by atoms with E-state index in [4.69, 9.17) is 4.42 Å². The summed E-state index contributed by atoms with van der Waals surface area (Å²) in [4.78, 5) is 13.4. The number of fused-ring (bicyclic) bond motifs is 1. The molecule has 0 spiro atoms. The highest BCUT2D eigenvalue weighted by atomic mass is 19.1. The van der Waals surface area contributed by atoms with Crippen LogP contribution in [0.4, 0.5) is 10.1 Å². The normalized spacial score (nSPS) is 10.5. The van der Waals surface area contributed by atoms with Crippen LogP contribution in [0.5, 0.6) is 6.08 Å². The van der Waals surface area contributed by atoms with E-state index in [0.717, 1.165) is 12.1 Å². The molecule has 7 heteroatoms. The van der Waals surface area contributed by atoms with E-state index < -0.39 is 10.7 Å². The largest absolute Gasteiger partial charge is 0.453 e. The Morgan fingerprint density at radius 1 is 1.60 bits per heavy atom. The molecule has 0 fully saturated rings. The number of oxazole rings is 1. The van der Waals surface area contributed by atoms with Gasteiger partial charge in [0.1, 0.15) is 5.52 Å².